The average molecular weight is 410 g/mol. The summed E-state index contributed by atoms with van der Waals surface area (Å²) in [7, 11) is 1.41. The Hall–Kier alpha value is -3.44. The van der Waals surface area contributed by atoms with E-state index >= 15 is 0 Å². The zero-order chi connectivity index (χ0) is 20.8. The second-order valence-corrected chi connectivity index (χ2v) is 6.34. The smallest absolute Gasteiger partial charge is 0.481 e. The van der Waals surface area contributed by atoms with Crippen LogP contribution in [0.3, 0.4) is 0 Å². The maximum absolute atomic E-state index is 14.1. The molecule has 0 radical (unpaired) electrons. The Morgan fingerprint density at radius 3 is 2.79 bits per heavy atom. The topological polar surface area (TPSA) is 86.9 Å². The van der Waals surface area contributed by atoms with E-state index in [2.05, 4.69) is 20.5 Å². The number of methoxy groups -OCH3 is 1. The number of hydrogen-bond acceptors (Lipinski definition) is 5. The summed E-state index contributed by atoms with van der Waals surface area (Å²) >= 11 is 0. The Kier molecular flexibility index (Phi) is 4.47. The van der Waals surface area contributed by atoms with E-state index in [0.29, 0.717) is 30.6 Å². The number of aromatic nitrogens is 5. The van der Waals surface area contributed by atoms with Crippen LogP contribution in [0, 0.1) is 5.82 Å². The molecule has 4 heterocycles. The van der Waals surface area contributed by atoms with Crippen LogP contribution in [-0.4, -0.2) is 37.6 Å². The summed E-state index contributed by atoms with van der Waals surface area (Å²) in [5.41, 5.74) is 0.925. The van der Waals surface area contributed by atoms with Gasteiger partial charge in [0.1, 0.15) is 0 Å². The number of pyridine rings is 1. The van der Waals surface area contributed by atoms with Crippen LogP contribution in [0.4, 0.5) is 17.6 Å². The molecular weight excluding hydrogens is 396 g/mol. The van der Waals surface area contributed by atoms with Gasteiger partial charge >= 0.3 is 6.30 Å². The molecule has 1 N–H and O–H groups in total. The summed E-state index contributed by atoms with van der Waals surface area (Å²) in [4.78, 5) is 16.1. The van der Waals surface area contributed by atoms with Gasteiger partial charge in [-0.2, -0.15) is 14.9 Å². The van der Waals surface area contributed by atoms with Gasteiger partial charge in [0.2, 0.25) is 5.88 Å². The molecule has 1 atom stereocenters. The molecule has 0 aromatic carbocycles. The number of halogens is 4. The summed E-state index contributed by atoms with van der Waals surface area (Å²) in [6.07, 6.45) is -1.71. The zero-order valence-corrected chi connectivity index (χ0v) is 14.9. The number of alkyl halides is 3. The van der Waals surface area contributed by atoms with E-state index in [1.165, 1.54) is 13.2 Å². The number of fused-ring (bicyclic) bond motifs is 1. The summed E-state index contributed by atoms with van der Waals surface area (Å²) in [6.45, 7) is 0.464. The van der Waals surface area contributed by atoms with Gasteiger partial charge < -0.3 is 10.1 Å². The molecule has 152 valence electrons. The number of carbonyl (C=O) groups is 1. The number of nitrogens with one attached hydrogen (secondary N) is 1. The standard InChI is InChI=1S/C17H14F4N6O2/c1-29-15-4-10(11(18)7-22-15)13-5-14-12(2-3-26(14)25-13)24-16(28)9-6-23-27(8-9)17(19,20)21/h4-8,12H,2-3H2,1H3,(H,24,28)/t12-/m0/s1. The first kappa shape index (κ1) is 18.9. The fourth-order valence-corrected chi connectivity index (χ4v) is 3.12. The van der Waals surface area contributed by atoms with E-state index in [-0.39, 0.29) is 21.7 Å². The maximum atomic E-state index is 14.1. The third kappa shape index (κ3) is 3.52. The molecule has 1 aliphatic rings. The van der Waals surface area contributed by atoms with Gasteiger partial charge in [0.15, 0.2) is 5.82 Å². The fourth-order valence-electron chi connectivity index (χ4n) is 3.12. The van der Waals surface area contributed by atoms with Gasteiger partial charge in [-0.15, -0.1) is 13.2 Å². The summed E-state index contributed by atoms with van der Waals surface area (Å²) in [5.74, 6) is -1.05. The second-order valence-electron chi connectivity index (χ2n) is 6.34. The van der Waals surface area contributed by atoms with Crippen molar-refractivity contribution in [2.45, 2.75) is 25.3 Å². The first-order valence-corrected chi connectivity index (χ1v) is 8.46. The number of ether oxygens (including phenoxy) is 1. The maximum Gasteiger partial charge on any atom is 0.504 e. The normalized spacial score (nSPS) is 16.0. The molecular formula is C17H14F4N6O2. The van der Waals surface area contributed by atoms with Crippen LogP contribution in [-0.2, 0) is 12.8 Å². The van der Waals surface area contributed by atoms with Gasteiger partial charge in [-0.05, 0) is 12.5 Å². The Morgan fingerprint density at radius 2 is 2.10 bits per heavy atom. The van der Waals surface area contributed by atoms with Crippen molar-refractivity contribution >= 4 is 5.91 Å². The molecule has 29 heavy (non-hydrogen) atoms. The van der Waals surface area contributed by atoms with Crippen molar-refractivity contribution in [3.05, 3.63) is 47.8 Å². The Balaban J connectivity index is 1.55. The van der Waals surface area contributed by atoms with Crippen molar-refractivity contribution in [1.82, 2.24) is 29.9 Å². The second kappa shape index (κ2) is 6.87. The van der Waals surface area contributed by atoms with Crippen molar-refractivity contribution < 1.29 is 27.1 Å². The van der Waals surface area contributed by atoms with Crippen molar-refractivity contribution in [3.8, 4) is 17.1 Å². The number of rotatable bonds is 4. The third-order valence-corrected chi connectivity index (χ3v) is 4.52. The van der Waals surface area contributed by atoms with Crippen LogP contribution in [0.5, 0.6) is 5.88 Å². The monoisotopic (exact) mass is 410 g/mol. The largest absolute Gasteiger partial charge is 0.504 e. The summed E-state index contributed by atoms with van der Waals surface area (Å²) in [6, 6.07) is 2.55. The van der Waals surface area contributed by atoms with Crippen LogP contribution in [0.15, 0.2) is 30.7 Å². The lowest BCUT2D eigenvalue weighted by Crippen LogP contribution is -2.27. The molecule has 3 aromatic heterocycles. The SMILES string of the molecule is COc1cc(-c2cc3n(n2)CC[C@@H]3NC(=O)c2cnn(C(F)(F)F)c2)c(F)cn1. The van der Waals surface area contributed by atoms with Crippen molar-refractivity contribution in [2.75, 3.05) is 7.11 Å². The summed E-state index contributed by atoms with van der Waals surface area (Å²) < 4.78 is 58.4. The highest BCUT2D eigenvalue weighted by molar-refractivity contribution is 5.94. The van der Waals surface area contributed by atoms with E-state index in [1.807, 2.05) is 0 Å². The van der Waals surface area contributed by atoms with Gasteiger partial charge in [-0.25, -0.2) is 9.37 Å². The Labute approximate surface area is 161 Å². The zero-order valence-electron chi connectivity index (χ0n) is 14.9. The van der Waals surface area contributed by atoms with Gasteiger partial charge in [0.25, 0.3) is 5.91 Å². The van der Waals surface area contributed by atoms with Crippen LogP contribution < -0.4 is 10.1 Å². The highest BCUT2D eigenvalue weighted by atomic mass is 19.4. The quantitative estimate of drug-likeness (QED) is 0.669. The predicted molar refractivity (Wildman–Crippen MR) is 90.3 cm³/mol. The molecule has 0 unspecified atom stereocenters. The molecule has 0 saturated carbocycles. The van der Waals surface area contributed by atoms with Gasteiger partial charge in [-0.3, -0.25) is 9.48 Å². The lowest BCUT2D eigenvalue weighted by Gasteiger charge is -2.11. The number of aryl methyl sites for hydroxylation is 1. The Bertz CT molecular complexity index is 1070. The van der Waals surface area contributed by atoms with Crippen LogP contribution in [0.25, 0.3) is 11.3 Å². The number of amides is 1. The van der Waals surface area contributed by atoms with Gasteiger partial charge in [-0.1, -0.05) is 0 Å². The van der Waals surface area contributed by atoms with Gasteiger partial charge in [0, 0.05) is 24.4 Å². The lowest BCUT2D eigenvalue weighted by molar-refractivity contribution is -0.212. The first-order valence-electron chi connectivity index (χ1n) is 8.46. The number of hydrogen-bond donors (Lipinski definition) is 1. The summed E-state index contributed by atoms with van der Waals surface area (Å²) in [5, 5.41) is 10.2. The number of carbonyl (C=O) groups excluding carboxylic acids is 1. The minimum atomic E-state index is -4.70. The predicted octanol–water partition coefficient (Wildman–Crippen LogP) is 2.64. The molecule has 0 spiro atoms. The third-order valence-electron chi connectivity index (χ3n) is 4.52. The first-order chi connectivity index (χ1) is 13.8. The van der Waals surface area contributed by atoms with E-state index in [0.717, 1.165) is 12.4 Å². The van der Waals surface area contributed by atoms with E-state index in [1.54, 1.807) is 10.7 Å². The van der Waals surface area contributed by atoms with Crippen LogP contribution >= 0.6 is 0 Å². The molecule has 12 heteroatoms. The minimum absolute atomic E-state index is 0.190. The van der Waals surface area contributed by atoms with Gasteiger partial charge in [0.05, 0.1) is 42.5 Å². The van der Waals surface area contributed by atoms with E-state index < -0.39 is 24.1 Å². The fraction of sp³-hybridized carbons (Fsp3) is 0.294. The molecule has 4 rings (SSSR count). The molecule has 1 amide bonds. The highest BCUT2D eigenvalue weighted by Crippen LogP contribution is 2.32. The average Bonchev–Trinajstić information content (AvgIpc) is 3.38. The molecule has 1 aliphatic heterocycles. The molecule has 0 saturated heterocycles. The molecule has 0 fully saturated rings. The Morgan fingerprint density at radius 1 is 1.31 bits per heavy atom. The lowest BCUT2D eigenvalue weighted by atomic mass is 10.1. The van der Waals surface area contributed by atoms with Crippen molar-refractivity contribution in [2.24, 2.45) is 0 Å². The minimum Gasteiger partial charge on any atom is -0.481 e. The van der Waals surface area contributed by atoms with Crippen LogP contribution in [0.1, 0.15) is 28.5 Å². The molecule has 3 aromatic rings. The van der Waals surface area contributed by atoms with E-state index in [9.17, 15) is 22.4 Å². The highest BCUT2D eigenvalue weighted by Gasteiger charge is 2.33. The van der Waals surface area contributed by atoms with Crippen molar-refractivity contribution in [1.29, 1.82) is 0 Å². The van der Waals surface area contributed by atoms with Crippen LogP contribution in [0.2, 0.25) is 0 Å². The van der Waals surface area contributed by atoms with Crippen molar-refractivity contribution in [3.63, 3.8) is 0 Å². The molecule has 0 bridgehead atoms. The van der Waals surface area contributed by atoms with E-state index in [4.69, 9.17) is 4.74 Å². The molecule has 0 aliphatic carbocycles. The number of nitrogens with zero attached hydrogens (tertiary/aromatic N) is 5. The molecule has 8 nitrogen and oxygen atoms in total.